The largest absolute Gasteiger partial charge is 0.382 e. The molecule has 3 rings (SSSR count). The van der Waals surface area contributed by atoms with Crippen molar-refractivity contribution in [3.63, 3.8) is 0 Å². The molecule has 0 radical (unpaired) electrons. The van der Waals surface area contributed by atoms with Crippen molar-refractivity contribution in [1.82, 2.24) is 9.97 Å². The van der Waals surface area contributed by atoms with Crippen LogP contribution in [0, 0.1) is 5.82 Å². The minimum atomic E-state index is -0.753. The summed E-state index contributed by atoms with van der Waals surface area (Å²) >= 11 is 3.26. The molecule has 7 heteroatoms. The fraction of sp³-hybridized carbons (Fsp3) is 0.0556. The monoisotopic (exact) mass is 400 g/mol. The molecule has 25 heavy (non-hydrogen) atoms. The Labute approximate surface area is 152 Å². The van der Waals surface area contributed by atoms with E-state index in [1.54, 1.807) is 0 Å². The van der Waals surface area contributed by atoms with Crippen LogP contribution in [0.1, 0.15) is 17.2 Å². The van der Waals surface area contributed by atoms with Gasteiger partial charge in [0.25, 0.3) is 0 Å². The van der Waals surface area contributed by atoms with E-state index in [1.807, 2.05) is 30.3 Å². The SMILES string of the molecule is Nc1ncc(Br)nc1[C@H](C(=O)Nc1ccc(F)cc1)c1ccccc1. The number of carbonyl (C=O) groups excluding carboxylic acids is 1. The van der Waals surface area contributed by atoms with E-state index in [0.29, 0.717) is 16.0 Å². The highest BCUT2D eigenvalue weighted by molar-refractivity contribution is 9.10. The molecule has 0 fully saturated rings. The molecule has 1 amide bonds. The molecule has 3 aromatic rings. The average molecular weight is 401 g/mol. The molecule has 2 aromatic carbocycles. The van der Waals surface area contributed by atoms with E-state index in [2.05, 4.69) is 31.2 Å². The third-order valence-corrected chi connectivity index (χ3v) is 3.96. The number of hydrogen-bond donors (Lipinski definition) is 2. The van der Waals surface area contributed by atoms with Crippen LogP contribution in [-0.4, -0.2) is 15.9 Å². The number of rotatable bonds is 4. The van der Waals surface area contributed by atoms with Gasteiger partial charge in [-0.3, -0.25) is 4.79 Å². The van der Waals surface area contributed by atoms with E-state index in [-0.39, 0.29) is 17.5 Å². The van der Waals surface area contributed by atoms with Crippen LogP contribution in [0.2, 0.25) is 0 Å². The molecular formula is C18H14BrFN4O. The Hall–Kier alpha value is -2.80. The molecule has 0 aliphatic heterocycles. The highest BCUT2D eigenvalue weighted by atomic mass is 79.9. The second-order valence-corrected chi connectivity index (χ2v) is 6.12. The zero-order valence-electron chi connectivity index (χ0n) is 13.0. The van der Waals surface area contributed by atoms with Crippen LogP contribution in [0.15, 0.2) is 65.4 Å². The van der Waals surface area contributed by atoms with E-state index in [9.17, 15) is 9.18 Å². The second kappa shape index (κ2) is 7.40. The third-order valence-electron chi connectivity index (χ3n) is 3.58. The summed E-state index contributed by atoms with van der Waals surface area (Å²) in [6.45, 7) is 0. The van der Waals surface area contributed by atoms with Crippen LogP contribution in [0.4, 0.5) is 15.9 Å². The van der Waals surface area contributed by atoms with Gasteiger partial charge in [-0.1, -0.05) is 30.3 Å². The Morgan fingerprint density at radius 2 is 1.80 bits per heavy atom. The zero-order valence-corrected chi connectivity index (χ0v) is 14.6. The number of aromatic nitrogens is 2. The minimum Gasteiger partial charge on any atom is -0.382 e. The first-order chi connectivity index (χ1) is 12.0. The lowest BCUT2D eigenvalue weighted by atomic mass is 9.94. The van der Waals surface area contributed by atoms with Gasteiger partial charge in [0, 0.05) is 5.69 Å². The van der Waals surface area contributed by atoms with E-state index in [1.165, 1.54) is 30.5 Å². The van der Waals surface area contributed by atoms with Crippen LogP contribution in [-0.2, 0) is 4.79 Å². The maximum absolute atomic E-state index is 13.1. The molecule has 0 aliphatic rings. The quantitative estimate of drug-likeness (QED) is 0.698. The number of nitrogen functional groups attached to an aromatic ring is 1. The highest BCUT2D eigenvalue weighted by Gasteiger charge is 2.27. The molecule has 3 N–H and O–H groups in total. The molecular weight excluding hydrogens is 387 g/mol. The lowest BCUT2D eigenvalue weighted by molar-refractivity contribution is -0.116. The predicted octanol–water partition coefficient (Wildman–Crippen LogP) is 3.73. The molecule has 1 aromatic heterocycles. The Morgan fingerprint density at radius 3 is 2.48 bits per heavy atom. The normalized spacial score (nSPS) is 11.8. The number of nitrogens with two attached hydrogens (primary N) is 1. The summed E-state index contributed by atoms with van der Waals surface area (Å²) in [7, 11) is 0. The lowest BCUT2D eigenvalue weighted by Crippen LogP contribution is -2.24. The van der Waals surface area contributed by atoms with Gasteiger partial charge in [-0.15, -0.1) is 0 Å². The van der Waals surface area contributed by atoms with Gasteiger partial charge in [-0.25, -0.2) is 14.4 Å². The number of halogens is 2. The van der Waals surface area contributed by atoms with Crippen molar-refractivity contribution in [2.75, 3.05) is 11.1 Å². The molecule has 126 valence electrons. The first-order valence-electron chi connectivity index (χ1n) is 7.44. The summed E-state index contributed by atoms with van der Waals surface area (Å²) in [5.41, 5.74) is 7.51. The second-order valence-electron chi connectivity index (χ2n) is 5.30. The van der Waals surface area contributed by atoms with Crippen molar-refractivity contribution in [2.24, 2.45) is 0 Å². The van der Waals surface area contributed by atoms with Gasteiger partial charge >= 0.3 is 0 Å². The first kappa shape index (κ1) is 17.0. The van der Waals surface area contributed by atoms with E-state index < -0.39 is 5.92 Å². The summed E-state index contributed by atoms with van der Waals surface area (Å²) < 4.78 is 13.5. The van der Waals surface area contributed by atoms with Crippen LogP contribution in [0.25, 0.3) is 0 Å². The predicted molar refractivity (Wildman–Crippen MR) is 97.5 cm³/mol. The third kappa shape index (κ3) is 4.00. The van der Waals surface area contributed by atoms with Gasteiger partial charge in [-0.2, -0.15) is 0 Å². The van der Waals surface area contributed by atoms with Gasteiger partial charge in [0.15, 0.2) is 0 Å². The maximum Gasteiger partial charge on any atom is 0.238 e. The number of hydrogen-bond acceptors (Lipinski definition) is 4. The van der Waals surface area contributed by atoms with Crippen molar-refractivity contribution >= 4 is 33.3 Å². The number of amides is 1. The molecule has 1 atom stereocenters. The topological polar surface area (TPSA) is 80.9 Å². The van der Waals surface area contributed by atoms with Crippen molar-refractivity contribution < 1.29 is 9.18 Å². The number of carbonyl (C=O) groups is 1. The Kier molecular flexibility index (Phi) is 5.04. The van der Waals surface area contributed by atoms with E-state index in [4.69, 9.17) is 5.73 Å². The Bertz CT molecular complexity index is 887. The van der Waals surface area contributed by atoms with Crippen molar-refractivity contribution in [3.05, 3.63) is 82.5 Å². The van der Waals surface area contributed by atoms with Gasteiger partial charge in [-0.05, 0) is 45.8 Å². The molecule has 0 saturated carbocycles. The molecule has 0 saturated heterocycles. The fourth-order valence-electron chi connectivity index (χ4n) is 2.43. The standard InChI is InChI=1S/C18H14BrFN4O/c19-14-10-22-17(21)16(24-14)15(11-4-2-1-3-5-11)18(25)23-13-8-6-12(20)7-9-13/h1-10,15H,(H2,21,22)(H,23,25)/t15-/m1/s1. The Morgan fingerprint density at radius 1 is 1.12 bits per heavy atom. The summed E-state index contributed by atoms with van der Waals surface area (Å²) in [5, 5.41) is 2.77. The summed E-state index contributed by atoms with van der Waals surface area (Å²) in [5.74, 6) is -1.29. The van der Waals surface area contributed by atoms with Gasteiger partial charge in [0.2, 0.25) is 5.91 Å². The number of anilines is 2. The molecule has 0 aliphatic carbocycles. The van der Waals surface area contributed by atoms with Gasteiger partial charge in [0.05, 0.1) is 6.20 Å². The number of nitrogens with zero attached hydrogens (tertiary/aromatic N) is 2. The van der Waals surface area contributed by atoms with Crippen molar-refractivity contribution in [2.45, 2.75) is 5.92 Å². The average Bonchev–Trinajstić information content (AvgIpc) is 2.61. The van der Waals surface area contributed by atoms with Crippen molar-refractivity contribution in [3.8, 4) is 0 Å². The fourth-order valence-corrected chi connectivity index (χ4v) is 2.72. The summed E-state index contributed by atoms with van der Waals surface area (Å²) in [4.78, 5) is 21.3. The molecule has 0 bridgehead atoms. The van der Waals surface area contributed by atoms with E-state index >= 15 is 0 Å². The molecule has 0 unspecified atom stereocenters. The van der Waals surface area contributed by atoms with Crippen LogP contribution in [0.5, 0.6) is 0 Å². The summed E-state index contributed by atoms with van der Waals surface area (Å²) in [6, 6.07) is 14.7. The molecule has 5 nitrogen and oxygen atoms in total. The van der Waals surface area contributed by atoms with Crippen LogP contribution < -0.4 is 11.1 Å². The van der Waals surface area contributed by atoms with Gasteiger partial charge in [0.1, 0.15) is 27.9 Å². The number of benzene rings is 2. The smallest absolute Gasteiger partial charge is 0.238 e. The van der Waals surface area contributed by atoms with Crippen LogP contribution >= 0.6 is 15.9 Å². The highest BCUT2D eigenvalue weighted by Crippen LogP contribution is 2.29. The maximum atomic E-state index is 13.1. The summed E-state index contributed by atoms with van der Waals surface area (Å²) in [6.07, 6.45) is 1.47. The van der Waals surface area contributed by atoms with Crippen molar-refractivity contribution in [1.29, 1.82) is 0 Å². The number of nitrogens with one attached hydrogen (secondary N) is 1. The molecule has 1 heterocycles. The minimum absolute atomic E-state index is 0.173. The lowest BCUT2D eigenvalue weighted by Gasteiger charge is -2.18. The van der Waals surface area contributed by atoms with Gasteiger partial charge < -0.3 is 11.1 Å². The van der Waals surface area contributed by atoms with E-state index in [0.717, 1.165) is 5.56 Å². The first-order valence-corrected chi connectivity index (χ1v) is 8.23. The Balaban J connectivity index is 2.00. The zero-order chi connectivity index (χ0) is 17.8. The van der Waals surface area contributed by atoms with Crippen LogP contribution in [0.3, 0.4) is 0 Å². The molecule has 0 spiro atoms.